The third-order valence-electron chi connectivity index (χ3n) is 4.82. The summed E-state index contributed by atoms with van der Waals surface area (Å²) >= 11 is 0. The van der Waals surface area contributed by atoms with E-state index in [1.165, 1.54) is 5.56 Å². The zero-order valence-corrected chi connectivity index (χ0v) is 18.7. The maximum absolute atomic E-state index is 11.5. The molecule has 1 fully saturated rings. The van der Waals surface area contributed by atoms with Crippen molar-refractivity contribution in [2.75, 3.05) is 33.2 Å². The molecule has 0 unspecified atom stereocenters. The monoisotopic (exact) mass is 488 g/mol. The van der Waals surface area contributed by atoms with Gasteiger partial charge in [0.15, 0.2) is 5.96 Å². The van der Waals surface area contributed by atoms with Crippen LogP contribution in [0.15, 0.2) is 29.3 Å². The van der Waals surface area contributed by atoms with Crippen LogP contribution in [0.4, 0.5) is 0 Å². The number of carbonyl (C=O) groups excluding carboxylic acids is 1. The lowest BCUT2D eigenvalue weighted by Gasteiger charge is -2.34. The number of phenols is 1. The number of nitrogens with one attached hydrogen (secondary N) is 2. The minimum absolute atomic E-state index is 0. The number of carbonyl (C=O) groups is 1. The summed E-state index contributed by atoms with van der Waals surface area (Å²) in [5, 5.41) is 15.4. The largest absolute Gasteiger partial charge is 0.508 e. The van der Waals surface area contributed by atoms with Crippen LogP contribution in [-0.4, -0.2) is 55.1 Å². The first kappa shape index (κ1) is 23.5. The summed E-state index contributed by atoms with van der Waals surface area (Å²) < 4.78 is 0. The molecule has 0 radical (unpaired) electrons. The molecule has 2 rings (SSSR count). The first-order chi connectivity index (χ1) is 12.6. The van der Waals surface area contributed by atoms with Crippen molar-refractivity contribution in [3.63, 3.8) is 0 Å². The average Bonchev–Trinajstić information content (AvgIpc) is 2.66. The van der Waals surface area contributed by atoms with Gasteiger partial charge in [0.05, 0.1) is 0 Å². The van der Waals surface area contributed by atoms with Gasteiger partial charge < -0.3 is 20.6 Å². The molecule has 3 N–H and O–H groups in total. The molecule has 152 valence electrons. The molecule has 1 heterocycles. The first-order valence-corrected chi connectivity index (χ1v) is 9.64. The highest BCUT2D eigenvalue weighted by atomic mass is 127. The number of piperidine rings is 1. The van der Waals surface area contributed by atoms with Crippen molar-refractivity contribution in [3.8, 4) is 5.75 Å². The molecule has 27 heavy (non-hydrogen) atoms. The Hall–Kier alpha value is -1.51. The van der Waals surface area contributed by atoms with Crippen LogP contribution in [0.3, 0.4) is 0 Å². The van der Waals surface area contributed by atoms with Gasteiger partial charge in [-0.2, -0.15) is 0 Å². The summed E-state index contributed by atoms with van der Waals surface area (Å²) in [4.78, 5) is 18.6. The van der Waals surface area contributed by atoms with Crippen LogP contribution in [0.1, 0.15) is 38.2 Å². The van der Waals surface area contributed by atoms with E-state index >= 15 is 0 Å². The number of halogens is 1. The van der Waals surface area contributed by atoms with Crippen LogP contribution in [0.5, 0.6) is 5.75 Å². The fraction of sp³-hybridized carbons (Fsp3) is 0.600. The molecule has 0 aliphatic carbocycles. The Morgan fingerprint density at radius 2 is 1.93 bits per heavy atom. The first-order valence-electron chi connectivity index (χ1n) is 9.64. The molecule has 1 saturated heterocycles. The van der Waals surface area contributed by atoms with E-state index in [4.69, 9.17) is 4.99 Å². The number of likely N-dealkylation sites (tertiary alicyclic amines) is 1. The van der Waals surface area contributed by atoms with Crippen molar-refractivity contribution in [2.45, 2.75) is 39.0 Å². The highest BCUT2D eigenvalue weighted by molar-refractivity contribution is 14.0. The van der Waals surface area contributed by atoms with E-state index in [1.54, 1.807) is 19.2 Å². The molecule has 1 aliphatic rings. The number of amides is 1. The van der Waals surface area contributed by atoms with E-state index in [0.29, 0.717) is 18.1 Å². The minimum atomic E-state index is 0. The second-order valence-corrected chi connectivity index (χ2v) is 6.81. The van der Waals surface area contributed by atoms with Gasteiger partial charge in [0.1, 0.15) is 5.75 Å². The van der Waals surface area contributed by atoms with Crippen LogP contribution in [0.25, 0.3) is 0 Å². The molecule has 1 aliphatic heterocycles. The topological polar surface area (TPSA) is 77.0 Å². The summed E-state index contributed by atoms with van der Waals surface area (Å²) in [6.45, 7) is 5.62. The highest BCUT2D eigenvalue weighted by Crippen LogP contribution is 2.20. The second kappa shape index (κ2) is 12.8. The van der Waals surface area contributed by atoms with Gasteiger partial charge >= 0.3 is 0 Å². The minimum Gasteiger partial charge on any atom is -0.508 e. The number of phenolic OH excluding ortho intramolecular Hbond substituents is 1. The van der Waals surface area contributed by atoms with Crippen LogP contribution < -0.4 is 10.6 Å². The number of nitrogens with zero attached hydrogens (tertiary/aromatic N) is 2. The van der Waals surface area contributed by atoms with Gasteiger partial charge in [-0.15, -0.1) is 24.0 Å². The summed E-state index contributed by atoms with van der Waals surface area (Å²) in [5.41, 5.74) is 1.22. The van der Waals surface area contributed by atoms with Gasteiger partial charge in [0.2, 0.25) is 5.91 Å². The van der Waals surface area contributed by atoms with Crippen molar-refractivity contribution in [3.05, 3.63) is 29.8 Å². The molecule has 1 amide bonds. The van der Waals surface area contributed by atoms with E-state index in [2.05, 4.69) is 22.5 Å². The van der Waals surface area contributed by atoms with Crippen molar-refractivity contribution in [2.24, 2.45) is 10.9 Å². The molecule has 1 aromatic rings. The lowest BCUT2D eigenvalue weighted by molar-refractivity contribution is -0.121. The van der Waals surface area contributed by atoms with Crippen LogP contribution in [0, 0.1) is 5.92 Å². The number of aliphatic imine (C=N–C) groups is 1. The molecule has 0 atom stereocenters. The van der Waals surface area contributed by atoms with Crippen molar-refractivity contribution < 1.29 is 9.90 Å². The number of guanidine groups is 1. The Balaban J connectivity index is 0.00000364. The number of hydrogen-bond acceptors (Lipinski definition) is 3. The van der Waals surface area contributed by atoms with Crippen LogP contribution in [0.2, 0.25) is 0 Å². The number of aryl methyl sites for hydroxylation is 1. The zero-order valence-electron chi connectivity index (χ0n) is 16.4. The highest BCUT2D eigenvalue weighted by Gasteiger charge is 2.22. The van der Waals surface area contributed by atoms with Gasteiger partial charge in [-0.25, -0.2) is 0 Å². The number of rotatable bonds is 7. The Morgan fingerprint density at radius 3 is 2.52 bits per heavy atom. The Morgan fingerprint density at radius 1 is 1.26 bits per heavy atom. The molecule has 6 nitrogen and oxygen atoms in total. The predicted octanol–water partition coefficient (Wildman–Crippen LogP) is 2.76. The van der Waals surface area contributed by atoms with E-state index in [1.807, 2.05) is 12.1 Å². The Labute approximate surface area is 179 Å². The Bertz CT molecular complexity index is 584. The molecule has 0 spiro atoms. The average molecular weight is 488 g/mol. The fourth-order valence-corrected chi connectivity index (χ4v) is 3.27. The molecular weight excluding hydrogens is 455 g/mol. The SMILES string of the molecule is CCNC(=NCCCc1ccc(O)cc1)N1CCC(CC(=O)NC)CC1.I. The quantitative estimate of drug-likeness (QED) is 0.239. The normalized spacial score (nSPS) is 15.2. The van der Waals surface area contributed by atoms with Gasteiger partial charge in [-0.3, -0.25) is 9.79 Å². The number of hydrogen-bond donors (Lipinski definition) is 3. The zero-order chi connectivity index (χ0) is 18.8. The molecular formula is C20H33IN4O2. The number of benzene rings is 1. The molecule has 7 heteroatoms. The maximum Gasteiger partial charge on any atom is 0.220 e. The third kappa shape index (κ3) is 8.36. The molecule has 1 aromatic carbocycles. The summed E-state index contributed by atoms with van der Waals surface area (Å²) in [7, 11) is 1.70. The second-order valence-electron chi connectivity index (χ2n) is 6.81. The summed E-state index contributed by atoms with van der Waals surface area (Å²) in [6, 6.07) is 7.38. The van der Waals surface area contributed by atoms with Gasteiger partial charge in [-0.1, -0.05) is 12.1 Å². The van der Waals surface area contributed by atoms with Gasteiger partial charge in [0.25, 0.3) is 0 Å². The molecule has 0 bridgehead atoms. The van der Waals surface area contributed by atoms with Crippen LogP contribution in [-0.2, 0) is 11.2 Å². The van der Waals surface area contributed by atoms with Crippen LogP contribution >= 0.6 is 24.0 Å². The van der Waals surface area contributed by atoms with E-state index < -0.39 is 0 Å². The van der Waals surface area contributed by atoms with E-state index in [-0.39, 0.29) is 29.9 Å². The van der Waals surface area contributed by atoms with Crippen molar-refractivity contribution >= 4 is 35.8 Å². The van der Waals surface area contributed by atoms with E-state index in [9.17, 15) is 9.90 Å². The summed E-state index contributed by atoms with van der Waals surface area (Å²) in [5.74, 6) is 1.90. The maximum atomic E-state index is 11.5. The number of aromatic hydroxyl groups is 1. The lowest BCUT2D eigenvalue weighted by Crippen LogP contribution is -2.46. The fourth-order valence-electron chi connectivity index (χ4n) is 3.27. The van der Waals surface area contributed by atoms with Crippen molar-refractivity contribution in [1.29, 1.82) is 0 Å². The predicted molar refractivity (Wildman–Crippen MR) is 121 cm³/mol. The standard InChI is InChI=1S/C20H32N4O2.HI/c1-3-22-20(23-12-4-5-16-6-8-18(25)9-7-16)24-13-10-17(11-14-24)15-19(26)21-2;/h6-9,17,25H,3-5,10-15H2,1-2H3,(H,21,26)(H,22,23);1H. The Kier molecular flexibility index (Phi) is 11.2. The molecule has 0 aromatic heterocycles. The van der Waals surface area contributed by atoms with Gasteiger partial charge in [0, 0.05) is 39.6 Å². The summed E-state index contributed by atoms with van der Waals surface area (Å²) in [6.07, 6.45) is 4.63. The lowest BCUT2D eigenvalue weighted by atomic mass is 9.93. The smallest absolute Gasteiger partial charge is 0.220 e. The third-order valence-corrected chi connectivity index (χ3v) is 4.82. The molecule has 0 saturated carbocycles. The van der Waals surface area contributed by atoms with Crippen molar-refractivity contribution in [1.82, 2.24) is 15.5 Å². The van der Waals surface area contributed by atoms with Gasteiger partial charge in [-0.05, 0) is 56.2 Å². The van der Waals surface area contributed by atoms with E-state index in [0.717, 1.165) is 57.8 Å².